The van der Waals surface area contributed by atoms with Gasteiger partial charge in [-0.3, -0.25) is 14.9 Å². The third-order valence-electron chi connectivity index (χ3n) is 6.77. The van der Waals surface area contributed by atoms with Gasteiger partial charge in [0.25, 0.3) is 0 Å². The van der Waals surface area contributed by atoms with Crippen LogP contribution in [-0.2, 0) is 4.79 Å². The summed E-state index contributed by atoms with van der Waals surface area (Å²) >= 11 is 0. The quantitative estimate of drug-likeness (QED) is 0.405. The second kappa shape index (κ2) is 7.85. The van der Waals surface area contributed by atoms with Crippen molar-refractivity contribution in [2.75, 3.05) is 49.6 Å². The number of hydrogen-bond acceptors (Lipinski definition) is 6. The van der Waals surface area contributed by atoms with Gasteiger partial charge in [-0.25, -0.2) is 0 Å². The highest BCUT2D eigenvalue weighted by molar-refractivity contribution is 6.04. The molecule has 8 heteroatoms. The smallest absolute Gasteiger partial charge is 0.310 e. The number of nitrogens with zero attached hydrogens (tertiary/aromatic N) is 4. The lowest BCUT2D eigenvalue weighted by atomic mass is 9.89. The topological polar surface area (TPSA) is 79.2 Å². The molecule has 3 aliphatic rings. The molecule has 1 amide bonds. The number of likely N-dealkylation sites (tertiary alicyclic amines) is 1. The second-order valence-electron chi connectivity index (χ2n) is 8.49. The summed E-state index contributed by atoms with van der Waals surface area (Å²) in [6.45, 7) is 3.74. The van der Waals surface area contributed by atoms with Crippen LogP contribution in [-0.4, -0.2) is 61.6 Å². The molecule has 0 aliphatic carbocycles. The molecule has 8 nitrogen and oxygen atoms in total. The van der Waals surface area contributed by atoms with Crippen LogP contribution in [0.1, 0.15) is 24.3 Å². The number of carbonyl (C=O) groups is 1. The van der Waals surface area contributed by atoms with Crippen molar-refractivity contribution in [3.63, 3.8) is 0 Å². The number of ether oxygens (including phenoxy) is 1. The molecule has 2 unspecified atom stereocenters. The van der Waals surface area contributed by atoms with E-state index >= 15 is 0 Å². The fourth-order valence-electron chi connectivity index (χ4n) is 5.27. The van der Waals surface area contributed by atoms with Crippen molar-refractivity contribution < 1.29 is 14.5 Å². The first-order valence-corrected chi connectivity index (χ1v) is 10.8. The molecule has 3 heterocycles. The number of amides is 1. The zero-order chi connectivity index (χ0) is 21.5. The van der Waals surface area contributed by atoms with E-state index in [9.17, 15) is 14.9 Å². The van der Waals surface area contributed by atoms with Gasteiger partial charge in [-0.2, -0.15) is 0 Å². The fraction of sp³-hybridized carbons (Fsp3) is 0.435. The van der Waals surface area contributed by atoms with Crippen LogP contribution < -0.4 is 14.5 Å². The Morgan fingerprint density at radius 2 is 2.03 bits per heavy atom. The predicted octanol–water partition coefficient (Wildman–Crippen LogP) is 3.02. The normalized spacial score (nSPS) is 22.3. The molecular formula is C23H26N4O4. The molecule has 0 spiro atoms. The minimum Gasteiger partial charge on any atom is -0.487 e. The zero-order valence-electron chi connectivity index (χ0n) is 17.6. The molecule has 0 saturated carbocycles. The third kappa shape index (κ3) is 3.40. The van der Waals surface area contributed by atoms with Crippen LogP contribution >= 0.6 is 0 Å². The Morgan fingerprint density at radius 1 is 1.19 bits per heavy atom. The summed E-state index contributed by atoms with van der Waals surface area (Å²) in [6, 6.07) is 13.2. The molecule has 2 aromatic rings. The maximum absolute atomic E-state index is 12.5. The van der Waals surface area contributed by atoms with Crippen LogP contribution in [0, 0.1) is 10.1 Å². The molecule has 0 radical (unpaired) electrons. The first-order chi connectivity index (χ1) is 15.0. The number of benzene rings is 2. The minimum absolute atomic E-state index is 0.00631. The number of hydrogen-bond donors (Lipinski definition) is 0. The molecule has 31 heavy (non-hydrogen) atoms. The SMILES string of the molecule is CN1C(=O)CN2c3c(cccc31)C1CN(CCCOc3ccccc3[N+](=O)[O-])CCC12. The highest BCUT2D eigenvalue weighted by Crippen LogP contribution is 2.50. The second-order valence-corrected chi connectivity index (χ2v) is 8.49. The summed E-state index contributed by atoms with van der Waals surface area (Å²) in [6.07, 6.45) is 1.84. The van der Waals surface area contributed by atoms with Crippen LogP contribution in [0.4, 0.5) is 17.1 Å². The summed E-state index contributed by atoms with van der Waals surface area (Å²) in [5, 5.41) is 11.1. The molecule has 3 aliphatic heterocycles. The fourth-order valence-corrected chi connectivity index (χ4v) is 5.27. The van der Waals surface area contributed by atoms with E-state index in [1.807, 2.05) is 13.1 Å². The lowest BCUT2D eigenvalue weighted by Crippen LogP contribution is -2.51. The Kier molecular flexibility index (Phi) is 5.02. The molecule has 0 bridgehead atoms. The number of likely N-dealkylation sites (N-methyl/N-ethyl adjacent to an activating group) is 1. The maximum atomic E-state index is 12.5. The summed E-state index contributed by atoms with van der Waals surface area (Å²) in [7, 11) is 1.86. The van der Waals surface area contributed by atoms with E-state index in [1.165, 1.54) is 17.3 Å². The Labute approximate surface area is 181 Å². The first kappa shape index (κ1) is 19.8. The molecule has 2 aromatic carbocycles. The van der Waals surface area contributed by atoms with Crippen LogP contribution in [0.5, 0.6) is 5.75 Å². The van der Waals surface area contributed by atoms with Crippen LogP contribution in [0.2, 0.25) is 0 Å². The number of piperidine rings is 1. The minimum atomic E-state index is -0.410. The summed E-state index contributed by atoms with van der Waals surface area (Å²) in [4.78, 5) is 29.7. The number of anilines is 2. The molecule has 1 saturated heterocycles. The molecule has 0 N–H and O–H groups in total. The van der Waals surface area contributed by atoms with Gasteiger partial charge < -0.3 is 19.4 Å². The van der Waals surface area contributed by atoms with Gasteiger partial charge in [0.15, 0.2) is 5.75 Å². The molecule has 2 atom stereocenters. The van der Waals surface area contributed by atoms with Crippen LogP contribution in [0.25, 0.3) is 0 Å². The van der Waals surface area contributed by atoms with Crippen molar-refractivity contribution in [1.29, 1.82) is 0 Å². The number of nitro groups is 1. The first-order valence-electron chi connectivity index (χ1n) is 10.8. The zero-order valence-corrected chi connectivity index (χ0v) is 17.6. The standard InChI is InChI=1S/C23H26N4O4/c1-24-20-8-4-6-16-17-14-25(12-10-18(17)26(23(16)20)15-22(24)28)11-5-13-31-21-9-3-2-7-19(21)27(29)30/h2-4,6-9,17-18H,5,10-15H2,1H3. The predicted molar refractivity (Wildman–Crippen MR) is 118 cm³/mol. The molecule has 5 rings (SSSR count). The van der Waals surface area contributed by atoms with Crippen molar-refractivity contribution in [3.8, 4) is 5.75 Å². The van der Waals surface area contributed by atoms with Crippen molar-refractivity contribution >= 4 is 23.0 Å². The van der Waals surface area contributed by atoms with Crippen LogP contribution in [0.3, 0.4) is 0 Å². The Hall–Kier alpha value is -3.13. The monoisotopic (exact) mass is 422 g/mol. The highest BCUT2D eigenvalue weighted by Gasteiger charge is 2.46. The molecular weight excluding hydrogens is 396 g/mol. The van der Waals surface area contributed by atoms with Gasteiger partial charge in [0.1, 0.15) is 0 Å². The van der Waals surface area contributed by atoms with Crippen LogP contribution in [0.15, 0.2) is 42.5 Å². The van der Waals surface area contributed by atoms with E-state index in [2.05, 4.69) is 21.9 Å². The Balaban J connectivity index is 1.22. The largest absolute Gasteiger partial charge is 0.487 e. The summed E-state index contributed by atoms with van der Waals surface area (Å²) in [5.41, 5.74) is 3.61. The van der Waals surface area contributed by atoms with Gasteiger partial charge >= 0.3 is 5.69 Å². The summed E-state index contributed by atoms with van der Waals surface area (Å²) < 4.78 is 5.69. The third-order valence-corrected chi connectivity index (χ3v) is 6.77. The van der Waals surface area contributed by atoms with E-state index < -0.39 is 4.92 Å². The number of para-hydroxylation sites is 3. The molecule has 0 aromatic heterocycles. The average Bonchev–Trinajstić information content (AvgIpc) is 3.09. The van der Waals surface area contributed by atoms with Gasteiger partial charge in [0, 0.05) is 44.7 Å². The molecule has 1 fully saturated rings. The van der Waals surface area contributed by atoms with Gasteiger partial charge in [-0.15, -0.1) is 0 Å². The van der Waals surface area contributed by atoms with E-state index in [1.54, 1.807) is 23.1 Å². The lowest BCUT2D eigenvalue weighted by Gasteiger charge is -2.40. The lowest BCUT2D eigenvalue weighted by molar-refractivity contribution is -0.385. The molecule has 162 valence electrons. The Bertz CT molecular complexity index is 1030. The van der Waals surface area contributed by atoms with Gasteiger partial charge in [-0.05, 0) is 30.5 Å². The van der Waals surface area contributed by atoms with Crippen molar-refractivity contribution in [1.82, 2.24) is 4.90 Å². The van der Waals surface area contributed by atoms with Gasteiger partial charge in [0.05, 0.1) is 29.4 Å². The number of rotatable bonds is 6. The number of fused-ring (bicyclic) bond motifs is 3. The summed E-state index contributed by atoms with van der Waals surface area (Å²) in [5.74, 6) is 0.880. The van der Waals surface area contributed by atoms with E-state index in [0.717, 1.165) is 38.2 Å². The highest BCUT2D eigenvalue weighted by atomic mass is 16.6. The maximum Gasteiger partial charge on any atom is 0.310 e. The van der Waals surface area contributed by atoms with Crippen molar-refractivity contribution in [2.24, 2.45) is 0 Å². The van der Waals surface area contributed by atoms with Crippen molar-refractivity contribution in [2.45, 2.75) is 24.8 Å². The Morgan fingerprint density at radius 3 is 2.87 bits per heavy atom. The van der Waals surface area contributed by atoms with E-state index in [0.29, 0.717) is 30.9 Å². The van der Waals surface area contributed by atoms with Crippen molar-refractivity contribution in [3.05, 3.63) is 58.1 Å². The number of nitro benzene ring substituents is 1. The number of carbonyl (C=O) groups excluding carboxylic acids is 1. The van der Waals surface area contributed by atoms with Gasteiger partial charge in [-0.1, -0.05) is 24.3 Å². The van der Waals surface area contributed by atoms with Gasteiger partial charge in [0.2, 0.25) is 5.91 Å². The average molecular weight is 422 g/mol. The van der Waals surface area contributed by atoms with E-state index in [4.69, 9.17) is 4.74 Å². The van der Waals surface area contributed by atoms with E-state index in [-0.39, 0.29) is 11.6 Å².